The third-order valence-corrected chi connectivity index (χ3v) is 3.55. The lowest BCUT2D eigenvalue weighted by molar-refractivity contribution is 0.316. The minimum atomic E-state index is 0. The maximum Gasteiger partial charge on any atom is 0.121 e. The SMILES string of the molecule is CCN(CC)CCNc1cc(OC)cc2cccnc12.Cl. The number of hydrogen-bond donors (Lipinski definition) is 1. The zero-order chi connectivity index (χ0) is 14.4. The number of nitrogens with zero attached hydrogens (tertiary/aromatic N) is 2. The van der Waals surface area contributed by atoms with Gasteiger partial charge < -0.3 is 15.0 Å². The molecule has 5 heteroatoms. The molecule has 1 aromatic carbocycles. The van der Waals surface area contributed by atoms with Crippen molar-refractivity contribution in [1.82, 2.24) is 9.88 Å². The van der Waals surface area contributed by atoms with Crippen molar-refractivity contribution < 1.29 is 4.74 Å². The van der Waals surface area contributed by atoms with Gasteiger partial charge in [0.1, 0.15) is 5.75 Å². The van der Waals surface area contributed by atoms with Crippen LogP contribution in [-0.4, -0.2) is 43.2 Å². The van der Waals surface area contributed by atoms with Gasteiger partial charge in [0.15, 0.2) is 0 Å². The van der Waals surface area contributed by atoms with Gasteiger partial charge in [0, 0.05) is 30.7 Å². The zero-order valence-electron chi connectivity index (χ0n) is 12.9. The maximum atomic E-state index is 5.35. The van der Waals surface area contributed by atoms with Gasteiger partial charge in [-0.05, 0) is 25.2 Å². The van der Waals surface area contributed by atoms with Crippen LogP contribution in [0.25, 0.3) is 10.9 Å². The molecule has 0 amide bonds. The lowest BCUT2D eigenvalue weighted by Gasteiger charge is -2.19. The Morgan fingerprint density at radius 2 is 2.00 bits per heavy atom. The van der Waals surface area contributed by atoms with Crippen LogP contribution in [0.4, 0.5) is 5.69 Å². The standard InChI is InChI=1S/C16H23N3O.ClH/c1-4-19(5-2)10-9-17-15-12-14(20-3)11-13-7-6-8-18-16(13)15;/h6-8,11-12,17H,4-5,9-10H2,1-3H3;1H. The van der Waals surface area contributed by atoms with Gasteiger partial charge in [0.2, 0.25) is 0 Å². The molecule has 1 N–H and O–H groups in total. The second-order valence-electron chi connectivity index (χ2n) is 4.70. The molecule has 0 spiro atoms. The van der Waals surface area contributed by atoms with Crippen molar-refractivity contribution in [2.45, 2.75) is 13.8 Å². The third-order valence-electron chi connectivity index (χ3n) is 3.55. The van der Waals surface area contributed by atoms with Crippen LogP contribution in [0, 0.1) is 0 Å². The average molecular weight is 310 g/mol. The normalized spacial score (nSPS) is 10.5. The number of likely N-dealkylation sites (N-methyl/N-ethyl adjacent to an activating group) is 1. The first-order valence-electron chi connectivity index (χ1n) is 7.17. The number of rotatable bonds is 7. The summed E-state index contributed by atoms with van der Waals surface area (Å²) in [5, 5.41) is 4.57. The molecule has 1 aromatic heterocycles. The van der Waals surface area contributed by atoms with Crippen molar-refractivity contribution in [3.63, 3.8) is 0 Å². The van der Waals surface area contributed by atoms with Gasteiger partial charge in [-0.25, -0.2) is 0 Å². The number of pyridine rings is 1. The Bertz CT molecular complexity index is 558. The van der Waals surface area contributed by atoms with Crippen molar-refractivity contribution in [2.75, 3.05) is 38.6 Å². The van der Waals surface area contributed by atoms with E-state index in [1.807, 2.05) is 24.4 Å². The number of aromatic nitrogens is 1. The topological polar surface area (TPSA) is 37.4 Å². The van der Waals surface area contributed by atoms with Crippen molar-refractivity contribution in [3.05, 3.63) is 30.5 Å². The van der Waals surface area contributed by atoms with E-state index in [0.717, 1.165) is 48.5 Å². The molecule has 116 valence electrons. The second kappa shape index (κ2) is 8.70. The molecule has 21 heavy (non-hydrogen) atoms. The highest BCUT2D eigenvalue weighted by Crippen LogP contribution is 2.27. The summed E-state index contributed by atoms with van der Waals surface area (Å²) in [6.45, 7) is 8.46. The van der Waals surface area contributed by atoms with E-state index in [9.17, 15) is 0 Å². The minimum Gasteiger partial charge on any atom is -0.497 e. The molecule has 0 radical (unpaired) electrons. The summed E-state index contributed by atoms with van der Waals surface area (Å²) in [5.74, 6) is 0.857. The van der Waals surface area contributed by atoms with E-state index >= 15 is 0 Å². The maximum absolute atomic E-state index is 5.35. The fourth-order valence-corrected chi connectivity index (χ4v) is 2.31. The highest BCUT2D eigenvalue weighted by Gasteiger charge is 2.06. The summed E-state index contributed by atoms with van der Waals surface area (Å²) in [4.78, 5) is 6.85. The van der Waals surface area contributed by atoms with Gasteiger partial charge in [-0.3, -0.25) is 4.98 Å². The second-order valence-corrected chi connectivity index (χ2v) is 4.70. The van der Waals surface area contributed by atoms with Crippen LogP contribution in [0.3, 0.4) is 0 Å². The summed E-state index contributed by atoms with van der Waals surface area (Å²) in [7, 11) is 1.69. The molecule has 2 aromatic rings. The average Bonchev–Trinajstić information content (AvgIpc) is 2.51. The van der Waals surface area contributed by atoms with Crippen molar-refractivity contribution in [3.8, 4) is 5.75 Å². The number of anilines is 1. The zero-order valence-corrected chi connectivity index (χ0v) is 13.7. The smallest absolute Gasteiger partial charge is 0.121 e. The fourth-order valence-electron chi connectivity index (χ4n) is 2.31. The predicted octanol–water partition coefficient (Wildman–Crippen LogP) is 3.42. The molecule has 0 unspecified atom stereocenters. The van der Waals surface area contributed by atoms with E-state index in [-0.39, 0.29) is 12.4 Å². The van der Waals surface area contributed by atoms with E-state index < -0.39 is 0 Å². The number of nitrogens with one attached hydrogen (secondary N) is 1. The number of hydrogen-bond acceptors (Lipinski definition) is 4. The molecule has 0 aliphatic rings. The van der Waals surface area contributed by atoms with Gasteiger partial charge in [-0.1, -0.05) is 19.9 Å². The highest BCUT2D eigenvalue weighted by atomic mass is 35.5. The van der Waals surface area contributed by atoms with Gasteiger partial charge in [-0.15, -0.1) is 12.4 Å². The first-order valence-corrected chi connectivity index (χ1v) is 7.17. The lowest BCUT2D eigenvalue weighted by Crippen LogP contribution is -2.28. The summed E-state index contributed by atoms with van der Waals surface area (Å²) >= 11 is 0. The van der Waals surface area contributed by atoms with Crippen LogP contribution in [0.2, 0.25) is 0 Å². The Morgan fingerprint density at radius 3 is 2.67 bits per heavy atom. The van der Waals surface area contributed by atoms with Crippen molar-refractivity contribution in [2.24, 2.45) is 0 Å². The number of methoxy groups -OCH3 is 1. The molecule has 4 nitrogen and oxygen atoms in total. The molecule has 2 rings (SSSR count). The lowest BCUT2D eigenvalue weighted by atomic mass is 10.2. The number of benzene rings is 1. The Morgan fingerprint density at radius 1 is 1.24 bits per heavy atom. The molecule has 1 heterocycles. The van der Waals surface area contributed by atoms with Gasteiger partial charge in [-0.2, -0.15) is 0 Å². The van der Waals surface area contributed by atoms with Crippen LogP contribution in [0.5, 0.6) is 5.75 Å². The molecular formula is C16H24ClN3O. The Balaban J connectivity index is 0.00000220. The van der Waals surface area contributed by atoms with Crippen LogP contribution in [0.1, 0.15) is 13.8 Å². The van der Waals surface area contributed by atoms with E-state index in [1.54, 1.807) is 7.11 Å². The Kier molecular flexibility index (Phi) is 7.26. The highest BCUT2D eigenvalue weighted by molar-refractivity contribution is 5.91. The largest absolute Gasteiger partial charge is 0.497 e. The quantitative estimate of drug-likeness (QED) is 0.850. The fraction of sp³-hybridized carbons (Fsp3) is 0.438. The molecule has 0 fully saturated rings. The van der Waals surface area contributed by atoms with Gasteiger partial charge in [0.25, 0.3) is 0 Å². The van der Waals surface area contributed by atoms with Crippen LogP contribution < -0.4 is 10.1 Å². The molecular weight excluding hydrogens is 286 g/mol. The van der Waals surface area contributed by atoms with Crippen LogP contribution in [0.15, 0.2) is 30.5 Å². The molecule has 0 aliphatic carbocycles. The molecule has 0 saturated carbocycles. The monoisotopic (exact) mass is 309 g/mol. The Hall–Kier alpha value is -1.52. The van der Waals surface area contributed by atoms with Crippen molar-refractivity contribution in [1.29, 1.82) is 0 Å². The number of fused-ring (bicyclic) bond motifs is 1. The van der Waals surface area contributed by atoms with Crippen molar-refractivity contribution >= 4 is 29.0 Å². The predicted molar refractivity (Wildman–Crippen MR) is 91.8 cm³/mol. The third kappa shape index (κ3) is 4.48. The van der Waals surface area contributed by atoms with E-state index in [1.165, 1.54) is 0 Å². The first-order chi connectivity index (χ1) is 9.78. The van der Waals surface area contributed by atoms with E-state index in [4.69, 9.17) is 4.74 Å². The van der Waals surface area contributed by atoms with E-state index in [2.05, 4.69) is 35.1 Å². The molecule has 0 aliphatic heterocycles. The molecule has 0 saturated heterocycles. The van der Waals surface area contributed by atoms with Crippen LogP contribution in [-0.2, 0) is 0 Å². The summed E-state index contributed by atoms with van der Waals surface area (Å²) in [6, 6.07) is 8.03. The molecule has 0 atom stereocenters. The van der Waals surface area contributed by atoms with Gasteiger partial charge in [0.05, 0.1) is 18.3 Å². The summed E-state index contributed by atoms with van der Waals surface area (Å²) in [6.07, 6.45) is 1.82. The van der Waals surface area contributed by atoms with Gasteiger partial charge >= 0.3 is 0 Å². The first kappa shape index (κ1) is 17.5. The van der Waals surface area contributed by atoms with E-state index in [0.29, 0.717) is 0 Å². The summed E-state index contributed by atoms with van der Waals surface area (Å²) in [5.41, 5.74) is 2.03. The Labute approximate surface area is 132 Å². The summed E-state index contributed by atoms with van der Waals surface area (Å²) < 4.78 is 5.35. The number of halogens is 1. The van der Waals surface area contributed by atoms with Crippen LogP contribution >= 0.6 is 12.4 Å². The molecule has 0 bridgehead atoms. The minimum absolute atomic E-state index is 0. The number of ether oxygens (including phenoxy) is 1.